The number of fused-ring (bicyclic) bond motifs is 1. The second-order valence-corrected chi connectivity index (χ2v) is 2.14. The summed E-state index contributed by atoms with van der Waals surface area (Å²) in [5.74, 6) is 0. The van der Waals surface area contributed by atoms with Gasteiger partial charge in [0, 0.05) is 0 Å². The van der Waals surface area contributed by atoms with Gasteiger partial charge in [-0.2, -0.15) is 0 Å². The van der Waals surface area contributed by atoms with E-state index in [1.165, 1.54) is 19.3 Å². The first kappa shape index (κ1) is 3.03. The van der Waals surface area contributed by atoms with Crippen molar-refractivity contribution in [3.63, 3.8) is 0 Å². The fourth-order valence-electron chi connectivity index (χ4n) is 1.21. The Bertz CT molecular complexity index is 62.3. The van der Waals surface area contributed by atoms with Crippen LogP contribution in [0.1, 0.15) is 19.3 Å². The number of hydrogen-bond acceptors (Lipinski definition) is 1. The third-order valence-electron chi connectivity index (χ3n) is 1.66. The van der Waals surface area contributed by atoms with Crippen LogP contribution in [0.3, 0.4) is 0 Å². The quantitative estimate of drug-likeness (QED) is 0.398. The van der Waals surface area contributed by atoms with Crippen LogP contribution in [0.15, 0.2) is 0 Å². The number of hydrogen-bond donors (Lipinski definition) is 0. The average molecular weight is 84.1 g/mol. The molecule has 2 rings (SSSR count). The van der Waals surface area contributed by atoms with E-state index in [0.29, 0.717) is 12.2 Å². The molecule has 0 bridgehead atoms. The molecule has 2 atom stereocenters. The highest BCUT2D eigenvalue weighted by atomic mass is 16.6. The summed E-state index contributed by atoms with van der Waals surface area (Å²) in [5.41, 5.74) is 0. The zero-order valence-electron chi connectivity index (χ0n) is 3.68. The first-order valence-electron chi connectivity index (χ1n) is 2.62. The van der Waals surface area contributed by atoms with Crippen LogP contribution in [0.4, 0.5) is 0 Å². The molecule has 0 aromatic heterocycles. The van der Waals surface area contributed by atoms with Crippen LogP contribution in [0.5, 0.6) is 0 Å². The van der Waals surface area contributed by atoms with E-state index < -0.39 is 0 Å². The Morgan fingerprint density at radius 1 is 1.17 bits per heavy atom. The average Bonchev–Trinajstić information content (AvgIpc) is 2.17. The van der Waals surface area contributed by atoms with Crippen LogP contribution in [0.2, 0.25) is 0 Å². The maximum Gasteiger partial charge on any atom is 0.0841 e. The molecule has 0 spiro atoms. The topological polar surface area (TPSA) is 12.5 Å². The Morgan fingerprint density at radius 2 is 1.83 bits per heavy atom. The molecule has 0 aromatic carbocycles. The Kier molecular flexibility index (Phi) is 0.396. The molecule has 0 aromatic rings. The van der Waals surface area contributed by atoms with Gasteiger partial charge in [0.05, 0.1) is 12.2 Å². The summed E-state index contributed by atoms with van der Waals surface area (Å²) in [5, 5.41) is 0. The van der Waals surface area contributed by atoms with E-state index in [2.05, 4.69) is 0 Å². The Hall–Kier alpha value is -0.0400. The molecule has 1 saturated heterocycles. The second kappa shape index (κ2) is 0.784. The summed E-state index contributed by atoms with van der Waals surface area (Å²) in [6.07, 6.45) is 5.51. The van der Waals surface area contributed by atoms with Crippen molar-refractivity contribution >= 4 is 0 Å². The van der Waals surface area contributed by atoms with Crippen molar-refractivity contribution in [3.8, 4) is 0 Å². The van der Waals surface area contributed by atoms with Gasteiger partial charge in [0.1, 0.15) is 0 Å². The molecule has 6 heavy (non-hydrogen) atoms. The molecule has 1 aliphatic carbocycles. The Balaban J connectivity index is 2.09. The minimum Gasteiger partial charge on any atom is -0.370 e. The summed E-state index contributed by atoms with van der Waals surface area (Å²) in [7, 11) is 0. The molecule has 34 valence electrons. The van der Waals surface area contributed by atoms with Crippen molar-refractivity contribution in [1.82, 2.24) is 0 Å². The predicted octanol–water partition coefficient (Wildman–Crippen LogP) is 0.938. The minimum absolute atomic E-state index is 0.713. The molecule has 1 heterocycles. The van der Waals surface area contributed by atoms with Gasteiger partial charge in [-0.15, -0.1) is 0 Å². The molecule has 1 aliphatic heterocycles. The molecule has 0 unspecified atom stereocenters. The van der Waals surface area contributed by atoms with Gasteiger partial charge in [0.2, 0.25) is 0 Å². The van der Waals surface area contributed by atoms with E-state index in [4.69, 9.17) is 4.74 Å². The highest BCUT2D eigenvalue weighted by Gasteiger charge is 2.42. The first-order chi connectivity index (χ1) is 2.97. The van der Waals surface area contributed by atoms with Gasteiger partial charge in [-0.1, -0.05) is 0 Å². The molecule has 0 N–H and O–H groups in total. The number of epoxide rings is 1. The fourth-order valence-corrected chi connectivity index (χ4v) is 1.21. The normalized spacial score (nSPS) is 52.0. The van der Waals surface area contributed by atoms with Crippen molar-refractivity contribution in [2.75, 3.05) is 0 Å². The summed E-state index contributed by atoms with van der Waals surface area (Å²) in [6, 6.07) is 0. The molecular weight excluding hydrogens is 76.1 g/mol. The number of ether oxygens (including phenoxy) is 1. The Morgan fingerprint density at radius 3 is 2.00 bits per heavy atom. The van der Waals surface area contributed by atoms with Crippen molar-refractivity contribution in [2.24, 2.45) is 0 Å². The van der Waals surface area contributed by atoms with E-state index in [0.717, 1.165) is 0 Å². The van der Waals surface area contributed by atoms with Crippen LogP contribution in [-0.2, 0) is 4.74 Å². The predicted molar refractivity (Wildman–Crippen MR) is 22.5 cm³/mol. The summed E-state index contributed by atoms with van der Waals surface area (Å²) in [4.78, 5) is 0. The molecule has 0 radical (unpaired) electrons. The molecule has 2 fully saturated rings. The Labute approximate surface area is 37.3 Å². The van der Waals surface area contributed by atoms with Crippen molar-refractivity contribution in [2.45, 2.75) is 31.5 Å². The van der Waals surface area contributed by atoms with Gasteiger partial charge in [-0.3, -0.25) is 0 Å². The lowest BCUT2D eigenvalue weighted by Gasteiger charge is -1.81. The fraction of sp³-hybridized carbons (Fsp3) is 1.00. The first-order valence-corrected chi connectivity index (χ1v) is 2.62. The van der Waals surface area contributed by atoms with Crippen LogP contribution in [0.25, 0.3) is 0 Å². The summed E-state index contributed by atoms with van der Waals surface area (Å²) >= 11 is 0. The molecule has 1 heteroatoms. The smallest absolute Gasteiger partial charge is 0.0841 e. The molecular formula is C5H8O. The molecule has 0 amide bonds. The van der Waals surface area contributed by atoms with Crippen LogP contribution in [-0.4, -0.2) is 12.2 Å². The minimum atomic E-state index is 0.713. The number of rotatable bonds is 0. The largest absolute Gasteiger partial charge is 0.370 e. The van der Waals surface area contributed by atoms with Crippen LogP contribution >= 0.6 is 0 Å². The van der Waals surface area contributed by atoms with Gasteiger partial charge in [0.15, 0.2) is 0 Å². The lowest BCUT2D eigenvalue weighted by atomic mass is 10.4. The summed E-state index contributed by atoms with van der Waals surface area (Å²) < 4.78 is 5.15. The van der Waals surface area contributed by atoms with Gasteiger partial charge in [-0.05, 0) is 19.3 Å². The SMILES string of the molecule is C1C[C@@H]2O[C@H]2C1. The second-order valence-electron chi connectivity index (χ2n) is 2.14. The highest BCUT2D eigenvalue weighted by molar-refractivity contribution is 4.90. The van der Waals surface area contributed by atoms with E-state index in [1.54, 1.807) is 0 Å². The zero-order chi connectivity index (χ0) is 3.98. The van der Waals surface area contributed by atoms with Gasteiger partial charge in [-0.25, -0.2) is 0 Å². The van der Waals surface area contributed by atoms with Crippen molar-refractivity contribution < 1.29 is 4.74 Å². The summed E-state index contributed by atoms with van der Waals surface area (Å²) in [6.45, 7) is 0. The van der Waals surface area contributed by atoms with E-state index in [-0.39, 0.29) is 0 Å². The molecule has 2 aliphatic rings. The van der Waals surface area contributed by atoms with Crippen LogP contribution < -0.4 is 0 Å². The van der Waals surface area contributed by atoms with E-state index >= 15 is 0 Å². The van der Waals surface area contributed by atoms with Gasteiger partial charge < -0.3 is 4.74 Å². The van der Waals surface area contributed by atoms with Crippen molar-refractivity contribution in [1.29, 1.82) is 0 Å². The van der Waals surface area contributed by atoms with E-state index in [9.17, 15) is 0 Å². The third-order valence-corrected chi connectivity index (χ3v) is 1.66. The highest BCUT2D eigenvalue weighted by Crippen LogP contribution is 2.37. The maximum absolute atomic E-state index is 5.15. The van der Waals surface area contributed by atoms with Gasteiger partial charge >= 0.3 is 0 Å². The van der Waals surface area contributed by atoms with Gasteiger partial charge in [0.25, 0.3) is 0 Å². The third kappa shape index (κ3) is 0.243. The monoisotopic (exact) mass is 84.1 g/mol. The molecule has 1 nitrogen and oxygen atoms in total. The van der Waals surface area contributed by atoms with E-state index in [1.807, 2.05) is 0 Å². The molecule has 1 saturated carbocycles. The standard InChI is InChI=1S/C5H8O/c1-2-4-5(3-1)6-4/h4-5H,1-3H2/t4-,5-/m0/s1. The lowest BCUT2D eigenvalue weighted by Crippen LogP contribution is -1.74. The maximum atomic E-state index is 5.15. The van der Waals surface area contributed by atoms with Crippen LogP contribution in [0, 0.1) is 0 Å². The lowest BCUT2D eigenvalue weighted by molar-refractivity contribution is 0.322. The van der Waals surface area contributed by atoms with Crippen molar-refractivity contribution in [3.05, 3.63) is 0 Å². The zero-order valence-corrected chi connectivity index (χ0v) is 3.68.